The number of aromatic nitrogens is 4. The molecule has 0 spiro atoms. The van der Waals surface area contributed by atoms with E-state index in [9.17, 15) is 0 Å². The van der Waals surface area contributed by atoms with Crippen LogP contribution in [0.3, 0.4) is 0 Å². The van der Waals surface area contributed by atoms with Crippen molar-refractivity contribution in [1.29, 1.82) is 0 Å². The average Bonchev–Trinajstić information content (AvgIpc) is 2.70. The van der Waals surface area contributed by atoms with Crippen LogP contribution in [0.25, 0.3) is 22.1 Å². The summed E-state index contributed by atoms with van der Waals surface area (Å²) in [5, 5.41) is 1.84. The number of benzene rings is 2. The monoisotopic (exact) mass is 478 g/mol. The normalized spacial score (nSPS) is 12.8. The minimum absolute atomic E-state index is 0.0202. The standard InChI is InChI=1S/C22H18Cl4N4/c1-10(2)17-21(25)28-15-8-7-12(16(24)20(15)29-17)9-11(3)18-22(26)30-19-13(23)5-4-6-14(19)27-18/h4-8,10-11H,9H2,1-3H3. The van der Waals surface area contributed by atoms with E-state index in [-0.39, 0.29) is 11.8 Å². The van der Waals surface area contributed by atoms with Crippen LogP contribution in [0.4, 0.5) is 0 Å². The van der Waals surface area contributed by atoms with E-state index in [0.29, 0.717) is 54.5 Å². The summed E-state index contributed by atoms with van der Waals surface area (Å²) in [5.41, 5.74) is 5.00. The van der Waals surface area contributed by atoms with Crippen LogP contribution < -0.4 is 0 Å². The van der Waals surface area contributed by atoms with E-state index in [1.165, 1.54) is 0 Å². The Labute approximate surface area is 194 Å². The highest BCUT2D eigenvalue weighted by Gasteiger charge is 2.19. The third kappa shape index (κ3) is 3.94. The highest BCUT2D eigenvalue weighted by atomic mass is 35.5. The molecule has 154 valence electrons. The molecular weight excluding hydrogens is 462 g/mol. The van der Waals surface area contributed by atoms with Crippen LogP contribution in [0.1, 0.15) is 49.6 Å². The smallest absolute Gasteiger partial charge is 0.151 e. The van der Waals surface area contributed by atoms with Crippen LogP contribution in [0.15, 0.2) is 30.3 Å². The molecule has 8 heteroatoms. The van der Waals surface area contributed by atoms with Crippen molar-refractivity contribution in [3.63, 3.8) is 0 Å². The van der Waals surface area contributed by atoms with Crippen LogP contribution in [0.2, 0.25) is 20.4 Å². The molecule has 0 aliphatic heterocycles. The third-order valence-electron chi connectivity index (χ3n) is 5.00. The first-order valence-electron chi connectivity index (χ1n) is 9.52. The van der Waals surface area contributed by atoms with Crippen molar-refractivity contribution in [3.05, 3.63) is 67.6 Å². The summed E-state index contributed by atoms with van der Waals surface area (Å²) in [6.07, 6.45) is 0.622. The van der Waals surface area contributed by atoms with Gasteiger partial charge in [-0.2, -0.15) is 0 Å². The molecule has 0 saturated carbocycles. The Hall–Kier alpha value is -1.72. The molecule has 0 amide bonds. The molecule has 0 fully saturated rings. The average molecular weight is 480 g/mol. The largest absolute Gasteiger partial charge is 0.248 e. The molecule has 0 aliphatic rings. The van der Waals surface area contributed by atoms with Gasteiger partial charge in [0.15, 0.2) is 10.3 Å². The lowest BCUT2D eigenvalue weighted by molar-refractivity contribution is 0.731. The van der Waals surface area contributed by atoms with Crippen LogP contribution in [0, 0.1) is 0 Å². The zero-order valence-electron chi connectivity index (χ0n) is 16.5. The third-order valence-corrected chi connectivity index (χ3v) is 6.29. The molecule has 4 nitrogen and oxygen atoms in total. The van der Waals surface area contributed by atoms with Gasteiger partial charge in [0.25, 0.3) is 0 Å². The van der Waals surface area contributed by atoms with Crippen molar-refractivity contribution in [2.24, 2.45) is 0 Å². The first-order chi connectivity index (χ1) is 14.3. The van der Waals surface area contributed by atoms with Crippen molar-refractivity contribution >= 4 is 68.5 Å². The second-order valence-corrected chi connectivity index (χ2v) is 9.07. The molecule has 4 aromatic rings. The molecular formula is C22H18Cl4N4. The van der Waals surface area contributed by atoms with E-state index in [1.807, 2.05) is 45.0 Å². The molecule has 0 saturated heterocycles. The maximum Gasteiger partial charge on any atom is 0.151 e. The summed E-state index contributed by atoms with van der Waals surface area (Å²) in [7, 11) is 0. The minimum Gasteiger partial charge on any atom is -0.248 e. The number of hydrogen-bond donors (Lipinski definition) is 0. The molecule has 1 unspecified atom stereocenters. The van der Waals surface area contributed by atoms with Gasteiger partial charge in [0.05, 0.1) is 32.5 Å². The molecule has 2 aromatic heterocycles. The Morgan fingerprint density at radius 1 is 0.733 bits per heavy atom. The van der Waals surface area contributed by atoms with E-state index in [2.05, 4.69) is 15.0 Å². The molecule has 0 radical (unpaired) electrons. The summed E-state index contributed by atoms with van der Waals surface area (Å²) in [5.74, 6) is 0.125. The number of rotatable bonds is 4. The summed E-state index contributed by atoms with van der Waals surface area (Å²) in [4.78, 5) is 18.3. The van der Waals surface area contributed by atoms with Gasteiger partial charge in [0, 0.05) is 5.92 Å². The van der Waals surface area contributed by atoms with E-state index in [1.54, 1.807) is 6.07 Å². The Morgan fingerprint density at radius 2 is 1.43 bits per heavy atom. The minimum atomic E-state index is -0.0202. The fourth-order valence-corrected chi connectivity index (χ4v) is 4.58. The van der Waals surface area contributed by atoms with Crippen molar-refractivity contribution in [1.82, 2.24) is 19.9 Å². The van der Waals surface area contributed by atoms with E-state index >= 15 is 0 Å². The number of hydrogen-bond acceptors (Lipinski definition) is 4. The van der Waals surface area contributed by atoms with Gasteiger partial charge in [-0.3, -0.25) is 0 Å². The van der Waals surface area contributed by atoms with Gasteiger partial charge >= 0.3 is 0 Å². The van der Waals surface area contributed by atoms with Crippen LogP contribution in [-0.4, -0.2) is 19.9 Å². The maximum atomic E-state index is 6.73. The molecule has 2 heterocycles. The quantitative estimate of drug-likeness (QED) is 0.301. The molecule has 0 aliphatic carbocycles. The van der Waals surface area contributed by atoms with Crippen LogP contribution >= 0.6 is 46.4 Å². The molecule has 0 N–H and O–H groups in total. The fourth-order valence-electron chi connectivity index (χ4n) is 3.42. The van der Waals surface area contributed by atoms with Gasteiger partial charge in [0.2, 0.25) is 0 Å². The highest BCUT2D eigenvalue weighted by molar-refractivity contribution is 6.36. The van der Waals surface area contributed by atoms with Crippen molar-refractivity contribution in [2.45, 2.75) is 39.0 Å². The second kappa shape index (κ2) is 8.43. The lowest BCUT2D eigenvalue weighted by Crippen LogP contribution is -2.06. The zero-order valence-corrected chi connectivity index (χ0v) is 19.6. The lowest BCUT2D eigenvalue weighted by Gasteiger charge is -2.16. The van der Waals surface area contributed by atoms with Crippen molar-refractivity contribution in [3.8, 4) is 0 Å². The molecule has 4 rings (SSSR count). The highest BCUT2D eigenvalue weighted by Crippen LogP contribution is 2.34. The number of halogens is 4. The Balaban J connectivity index is 1.73. The van der Waals surface area contributed by atoms with Gasteiger partial charge in [0.1, 0.15) is 11.0 Å². The topological polar surface area (TPSA) is 51.6 Å². The van der Waals surface area contributed by atoms with Gasteiger partial charge < -0.3 is 0 Å². The van der Waals surface area contributed by atoms with E-state index in [4.69, 9.17) is 51.4 Å². The Kier molecular flexibility index (Phi) is 6.04. The maximum absolute atomic E-state index is 6.73. The van der Waals surface area contributed by atoms with Crippen LogP contribution in [-0.2, 0) is 6.42 Å². The zero-order chi connectivity index (χ0) is 21.6. The fraction of sp³-hybridized carbons (Fsp3) is 0.273. The summed E-state index contributed by atoms with van der Waals surface area (Å²) >= 11 is 25.7. The van der Waals surface area contributed by atoms with Gasteiger partial charge in [-0.1, -0.05) is 79.3 Å². The first kappa shape index (κ1) is 21.5. The Bertz CT molecular complexity index is 1270. The van der Waals surface area contributed by atoms with Crippen molar-refractivity contribution in [2.75, 3.05) is 0 Å². The van der Waals surface area contributed by atoms with Gasteiger partial charge in [-0.05, 0) is 36.1 Å². The Morgan fingerprint density at radius 3 is 2.17 bits per heavy atom. The summed E-state index contributed by atoms with van der Waals surface area (Å²) in [6, 6.07) is 9.32. The van der Waals surface area contributed by atoms with Crippen LogP contribution in [0.5, 0.6) is 0 Å². The number of fused-ring (bicyclic) bond motifs is 2. The lowest BCUT2D eigenvalue weighted by atomic mass is 9.97. The SMILES string of the molecule is CC(C)c1nc2c(Cl)c(CC(C)c3nc4cccc(Cl)c4nc3Cl)ccc2nc1Cl. The van der Waals surface area contributed by atoms with Gasteiger partial charge in [-0.15, -0.1) is 0 Å². The number of para-hydroxylation sites is 1. The molecule has 2 aromatic carbocycles. The molecule has 0 bridgehead atoms. The molecule has 30 heavy (non-hydrogen) atoms. The van der Waals surface area contributed by atoms with Gasteiger partial charge in [-0.25, -0.2) is 19.9 Å². The number of nitrogens with zero attached hydrogens (tertiary/aromatic N) is 4. The summed E-state index contributed by atoms with van der Waals surface area (Å²) < 4.78 is 0. The van der Waals surface area contributed by atoms with E-state index < -0.39 is 0 Å². The summed E-state index contributed by atoms with van der Waals surface area (Å²) in [6.45, 7) is 6.09. The first-order valence-corrected chi connectivity index (χ1v) is 11.0. The predicted molar refractivity (Wildman–Crippen MR) is 125 cm³/mol. The predicted octanol–water partition coefficient (Wildman–Crippen LogP) is 7.66. The van der Waals surface area contributed by atoms with E-state index in [0.717, 1.165) is 11.3 Å². The molecule has 1 atom stereocenters. The van der Waals surface area contributed by atoms with Crippen molar-refractivity contribution < 1.29 is 0 Å². The second-order valence-electron chi connectivity index (χ2n) is 7.57.